The molecule has 0 saturated heterocycles. The Labute approximate surface area is 99.3 Å². The summed E-state index contributed by atoms with van der Waals surface area (Å²) in [4.78, 5) is 11.3. The molecule has 88 valence electrons. The molecule has 0 aliphatic heterocycles. The molecule has 2 aromatic rings. The van der Waals surface area contributed by atoms with Gasteiger partial charge in [0, 0.05) is 17.5 Å². The molecule has 0 fully saturated rings. The molecule has 3 heteroatoms. The largest absolute Gasteiger partial charge is 0.489 e. The first-order chi connectivity index (χ1) is 8.11. The van der Waals surface area contributed by atoms with Gasteiger partial charge in [-0.3, -0.25) is 0 Å². The zero-order valence-electron chi connectivity index (χ0n) is 9.95. The molecule has 0 amide bonds. The summed E-state index contributed by atoms with van der Waals surface area (Å²) in [6.45, 7) is 7.88. The lowest BCUT2D eigenvalue weighted by Crippen LogP contribution is -2.00. The number of hydrogen-bond acceptors (Lipinski definition) is 3. The van der Waals surface area contributed by atoms with E-state index in [2.05, 4.69) is 6.58 Å². The van der Waals surface area contributed by atoms with Gasteiger partial charge < -0.3 is 9.15 Å². The van der Waals surface area contributed by atoms with Gasteiger partial charge in [0.1, 0.15) is 17.9 Å². The molecule has 1 aromatic heterocycles. The molecule has 0 aliphatic rings. The zero-order valence-corrected chi connectivity index (χ0v) is 9.95. The predicted octanol–water partition coefficient (Wildman–Crippen LogP) is 2.97. The summed E-state index contributed by atoms with van der Waals surface area (Å²) in [6.07, 6.45) is 1.68. The third kappa shape index (κ3) is 2.23. The van der Waals surface area contributed by atoms with Crippen LogP contribution in [0.2, 0.25) is 0 Å². The van der Waals surface area contributed by atoms with Crippen LogP contribution in [0.3, 0.4) is 0 Å². The van der Waals surface area contributed by atoms with Crippen molar-refractivity contribution >= 4 is 11.0 Å². The van der Waals surface area contributed by atoms with Crippen LogP contribution in [0, 0.1) is 13.8 Å². The number of hydrogen-bond donors (Lipinski definition) is 0. The molecule has 0 N–H and O–H groups in total. The molecule has 0 spiro atoms. The maximum atomic E-state index is 11.3. The number of benzene rings is 1. The van der Waals surface area contributed by atoms with Crippen LogP contribution in [0.1, 0.15) is 11.1 Å². The summed E-state index contributed by atoms with van der Waals surface area (Å²) in [5.74, 6) is 0.714. The second-order valence-corrected chi connectivity index (χ2v) is 3.96. The molecular weight excluding hydrogens is 216 g/mol. The molecule has 3 nitrogen and oxygen atoms in total. The Balaban J connectivity index is 2.62. The van der Waals surface area contributed by atoms with Gasteiger partial charge in [0.05, 0.1) is 0 Å². The summed E-state index contributed by atoms with van der Waals surface area (Å²) >= 11 is 0. The van der Waals surface area contributed by atoms with E-state index in [0.29, 0.717) is 17.9 Å². The second kappa shape index (κ2) is 4.45. The SMILES string of the molecule is C=CCOc1cc2oc(=O)cc(C)c2cc1C. The van der Waals surface area contributed by atoms with Crippen molar-refractivity contribution in [3.63, 3.8) is 0 Å². The highest BCUT2D eigenvalue weighted by molar-refractivity contribution is 5.82. The van der Waals surface area contributed by atoms with E-state index in [1.165, 1.54) is 6.07 Å². The Hall–Kier alpha value is -2.03. The Bertz CT molecular complexity index is 623. The molecule has 1 aromatic carbocycles. The highest BCUT2D eigenvalue weighted by atomic mass is 16.5. The van der Waals surface area contributed by atoms with Crippen molar-refractivity contribution in [1.82, 2.24) is 0 Å². The first kappa shape index (κ1) is 11.5. The van der Waals surface area contributed by atoms with Crippen LogP contribution in [0.4, 0.5) is 0 Å². The van der Waals surface area contributed by atoms with Gasteiger partial charge in [-0.1, -0.05) is 12.7 Å². The van der Waals surface area contributed by atoms with E-state index in [1.807, 2.05) is 19.9 Å². The first-order valence-electron chi connectivity index (χ1n) is 5.40. The smallest absolute Gasteiger partial charge is 0.336 e. The van der Waals surface area contributed by atoms with Crippen molar-refractivity contribution in [3.05, 3.63) is 52.4 Å². The molecule has 0 atom stereocenters. The van der Waals surface area contributed by atoms with Crippen LogP contribution < -0.4 is 10.4 Å². The van der Waals surface area contributed by atoms with Gasteiger partial charge in [0.15, 0.2) is 0 Å². The van der Waals surface area contributed by atoms with Gasteiger partial charge in [-0.15, -0.1) is 0 Å². The molecule has 2 rings (SSSR count). The van der Waals surface area contributed by atoms with Crippen LogP contribution in [-0.4, -0.2) is 6.61 Å². The fraction of sp³-hybridized carbons (Fsp3) is 0.214. The van der Waals surface area contributed by atoms with Crippen LogP contribution in [0.15, 0.2) is 40.1 Å². The molecule has 0 radical (unpaired) electrons. The number of aryl methyl sites for hydroxylation is 2. The highest BCUT2D eigenvalue weighted by Crippen LogP contribution is 2.26. The van der Waals surface area contributed by atoms with Gasteiger partial charge in [-0.2, -0.15) is 0 Å². The summed E-state index contributed by atoms with van der Waals surface area (Å²) in [5.41, 5.74) is 2.14. The molecular formula is C14H14O3. The van der Waals surface area contributed by atoms with E-state index in [-0.39, 0.29) is 5.63 Å². The van der Waals surface area contributed by atoms with Crippen molar-refractivity contribution in [1.29, 1.82) is 0 Å². The molecule has 1 heterocycles. The molecule has 0 unspecified atom stereocenters. The summed E-state index contributed by atoms with van der Waals surface area (Å²) < 4.78 is 10.7. The van der Waals surface area contributed by atoms with Crippen LogP contribution in [-0.2, 0) is 0 Å². The number of ether oxygens (including phenoxy) is 1. The standard InChI is InChI=1S/C14H14O3/c1-4-5-16-12-8-13-11(6-10(12)3)9(2)7-14(15)17-13/h4,6-8H,1,5H2,2-3H3. The third-order valence-corrected chi connectivity index (χ3v) is 2.60. The Kier molecular flexibility index (Phi) is 3.00. The minimum atomic E-state index is -0.339. The maximum Gasteiger partial charge on any atom is 0.336 e. The normalized spacial score (nSPS) is 10.5. The van der Waals surface area contributed by atoms with Crippen LogP contribution >= 0.6 is 0 Å². The minimum Gasteiger partial charge on any atom is -0.489 e. The topological polar surface area (TPSA) is 39.4 Å². The van der Waals surface area contributed by atoms with Crippen molar-refractivity contribution in [2.45, 2.75) is 13.8 Å². The first-order valence-corrected chi connectivity index (χ1v) is 5.40. The predicted molar refractivity (Wildman–Crippen MR) is 67.7 cm³/mol. The molecule has 17 heavy (non-hydrogen) atoms. The third-order valence-electron chi connectivity index (χ3n) is 2.60. The van der Waals surface area contributed by atoms with E-state index in [1.54, 1.807) is 12.1 Å². The summed E-state index contributed by atoms with van der Waals surface area (Å²) in [6, 6.07) is 5.21. The fourth-order valence-corrected chi connectivity index (χ4v) is 1.76. The van der Waals surface area contributed by atoms with E-state index < -0.39 is 0 Å². The van der Waals surface area contributed by atoms with E-state index in [9.17, 15) is 4.79 Å². The Morgan fingerprint density at radius 3 is 2.76 bits per heavy atom. The van der Waals surface area contributed by atoms with Crippen LogP contribution in [0.5, 0.6) is 5.75 Å². The maximum absolute atomic E-state index is 11.3. The quantitative estimate of drug-likeness (QED) is 0.601. The Morgan fingerprint density at radius 2 is 2.06 bits per heavy atom. The number of rotatable bonds is 3. The van der Waals surface area contributed by atoms with E-state index >= 15 is 0 Å². The average Bonchev–Trinajstić information content (AvgIpc) is 2.27. The van der Waals surface area contributed by atoms with Gasteiger partial charge in [-0.25, -0.2) is 4.79 Å². The van der Waals surface area contributed by atoms with Crippen molar-refractivity contribution in [2.75, 3.05) is 6.61 Å². The van der Waals surface area contributed by atoms with Crippen molar-refractivity contribution in [3.8, 4) is 5.75 Å². The van der Waals surface area contributed by atoms with Crippen LogP contribution in [0.25, 0.3) is 11.0 Å². The van der Waals surface area contributed by atoms with E-state index in [4.69, 9.17) is 9.15 Å². The van der Waals surface area contributed by atoms with Gasteiger partial charge in [-0.05, 0) is 31.0 Å². The minimum absolute atomic E-state index is 0.339. The average molecular weight is 230 g/mol. The summed E-state index contributed by atoms with van der Waals surface area (Å²) in [7, 11) is 0. The summed E-state index contributed by atoms with van der Waals surface area (Å²) in [5, 5.41) is 0.938. The lowest BCUT2D eigenvalue weighted by Gasteiger charge is -2.09. The molecule has 0 saturated carbocycles. The Morgan fingerprint density at radius 1 is 1.29 bits per heavy atom. The van der Waals surface area contributed by atoms with E-state index in [0.717, 1.165) is 16.5 Å². The monoisotopic (exact) mass is 230 g/mol. The highest BCUT2D eigenvalue weighted by Gasteiger charge is 2.07. The molecule has 0 aliphatic carbocycles. The zero-order chi connectivity index (χ0) is 12.4. The second-order valence-electron chi connectivity index (χ2n) is 3.96. The molecule has 0 bridgehead atoms. The number of fused-ring (bicyclic) bond motifs is 1. The lowest BCUT2D eigenvalue weighted by atomic mass is 10.1. The fourth-order valence-electron chi connectivity index (χ4n) is 1.76. The lowest BCUT2D eigenvalue weighted by molar-refractivity contribution is 0.360. The van der Waals surface area contributed by atoms with Crippen molar-refractivity contribution in [2.24, 2.45) is 0 Å². The van der Waals surface area contributed by atoms with Gasteiger partial charge >= 0.3 is 5.63 Å². The van der Waals surface area contributed by atoms with Gasteiger partial charge in [0.25, 0.3) is 0 Å². The van der Waals surface area contributed by atoms with Crippen molar-refractivity contribution < 1.29 is 9.15 Å². The van der Waals surface area contributed by atoms with Gasteiger partial charge in [0.2, 0.25) is 0 Å².